The van der Waals surface area contributed by atoms with Crippen LogP contribution >= 0.6 is 0 Å². The molecule has 26 heavy (non-hydrogen) atoms. The summed E-state index contributed by atoms with van der Waals surface area (Å²) >= 11 is 0. The normalized spacial score (nSPS) is 13.1. The van der Waals surface area contributed by atoms with E-state index in [9.17, 15) is 31.1 Å². The number of rotatable bonds is 4. The van der Waals surface area contributed by atoms with Gasteiger partial charge in [0.15, 0.2) is 0 Å². The number of alkyl halides is 6. The number of carbonyl (C=O) groups is 1. The van der Waals surface area contributed by atoms with Gasteiger partial charge in [-0.3, -0.25) is 0 Å². The molecule has 2 aromatic rings. The predicted molar refractivity (Wildman–Crippen MR) is 80.1 cm³/mol. The standard InChI is InChI=1S/C17H12F6O3/c1-2-9(15(24)25)5-14-6-11(8-26-14)10-3-12(16(18,19)20)7-13(4-10)17(21,22)23/h3-8H,2H2,1H3,(H,24,25). The highest BCUT2D eigenvalue weighted by molar-refractivity contribution is 5.91. The Balaban J connectivity index is 2.54. The highest BCUT2D eigenvalue weighted by Crippen LogP contribution is 2.39. The average molecular weight is 378 g/mol. The Morgan fingerprint density at radius 2 is 1.54 bits per heavy atom. The Hall–Kier alpha value is -2.71. The molecule has 0 saturated heterocycles. The van der Waals surface area contributed by atoms with Gasteiger partial charge in [-0.05, 0) is 42.3 Å². The van der Waals surface area contributed by atoms with Crippen LogP contribution in [0.25, 0.3) is 17.2 Å². The van der Waals surface area contributed by atoms with Crippen molar-refractivity contribution in [1.29, 1.82) is 0 Å². The summed E-state index contributed by atoms with van der Waals surface area (Å²) < 4.78 is 82.4. The lowest BCUT2D eigenvalue weighted by Crippen LogP contribution is -2.11. The molecule has 9 heteroatoms. The molecule has 0 bridgehead atoms. The Kier molecular flexibility index (Phi) is 5.20. The van der Waals surface area contributed by atoms with Gasteiger partial charge in [-0.2, -0.15) is 26.3 Å². The van der Waals surface area contributed by atoms with Crippen molar-refractivity contribution >= 4 is 12.0 Å². The second-order valence-electron chi connectivity index (χ2n) is 5.36. The van der Waals surface area contributed by atoms with E-state index in [-0.39, 0.29) is 34.9 Å². The molecule has 140 valence electrons. The molecule has 0 radical (unpaired) electrons. The molecular weight excluding hydrogens is 366 g/mol. The zero-order chi connectivity index (χ0) is 19.7. The first-order chi connectivity index (χ1) is 11.9. The van der Waals surface area contributed by atoms with E-state index in [2.05, 4.69) is 0 Å². The number of hydrogen-bond acceptors (Lipinski definition) is 2. The van der Waals surface area contributed by atoms with E-state index in [1.165, 1.54) is 6.07 Å². The zero-order valence-electron chi connectivity index (χ0n) is 13.2. The lowest BCUT2D eigenvalue weighted by atomic mass is 10.0. The third kappa shape index (κ3) is 4.47. The van der Waals surface area contributed by atoms with Gasteiger partial charge in [-0.15, -0.1) is 0 Å². The summed E-state index contributed by atoms with van der Waals surface area (Å²) in [6, 6.07) is 2.36. The van der Waals surface area contributed by atoms with E-state index >= 15 is 0 Å². The van der Waals surface area contributed by atoms with Crippen LogP contribution in [0.3, 0.4) is 0 Å². The summed E-state index contributed by atoms with van der Waals surface area (Å²) in [4.78, 5) is 11.0. The van der Waals surface area contributed by atoms with Crippen LogP contribution < -0.4 is 0 Å². The number of hydrogen-bond donors (Lipinski definition) is 1. The van der Waals surface area contributed by atoms with Crippen LogP contribution in [0.4, 0.5) is 26.3 Å². The van der Waals surface area contributed by atoms with Gasteiger partial charge in [-0.25, -0.2) is 4.79 Å². The highest BCUT2D eigenvalue weighted by atomic mass is 19.4. The Morgan fingerprint density at radius 3 is 1.96 bits per heavy atom. The van der Waals surface area contributed by atoms with Crippen LogP contribution in [-0.2, 0) is 17.1 Å². The van der Waals surface area contributed by atoms with Gasteiger partial charge in [0.1, 0.15) is 5.76 Å². The minimum absolute atomic E-state index is 0.00483. The van der Waals surface area contributed by atoms with Crippen molar-refractivity contribution in [2.24, 2.45) is 0 Å². The lowest BCUT2D eigenvalue weighted by Gasteiger charge is -2.13. The zero-order valence-corrected chi connectivity index (χ0v) is 13.2. The van der Waals surface area contributed by atoms with Gasteiger partial charge in [-0.1, -0.05) is 6.92 Å². The predicted octanol–water partition coefficient (Wildman–Crippen LogP) is 5.86. The molecule has 1 N–H and O–H groups in total. The third-order valence-corrected chi connectivity index (χ3v) is 3.51. The molecule has 1 heterocycles. The molecule has 2 rings (SSSR count). The highest BCUT2D eigenvalue weighted by Gasteiger charge is 2.37. The monoisotopic (exact) mass is 378 g/mol. The second-order valence-corrected chi connectivity index (χ2v) is 5.36. The summed E-state index contributed by atoms with van der Waals surface area (Å²) in [5.74, 6) is -1.20. The van der Waals surface area contributed by atoms with E-state index < -0.39 is 29.4 Å². The van der Waals surface area contributed by atoms with Crippen LogP contribution in [0, 0.1) is 0 Å². The van der Waals surface area contributed by atoms with Crippen LogP contribution in [-0.4, -0.2) is 11.1 Å². The van der Waals surface area contributed by atoms with Crippen LogP contribution in [0.15, 0.2) is 40.5 Å². The number of furan rings is 1. The average Bonchev–Trinajstić information content (AvgIpc) is 2.98. The summed E-state index contributed by atoms with van der Waals surface area (Å²) in [5.41, 5.74) is -3.29. The smallest absolute Gasteiger partial charge is 0.416 e. The first kappa shape index (κ1) is 19.6. The number of carboxylic acid groups (broad SMARTS) is 1. The number of aliphatic carboxylic acids is 1. The first-order valence-electron chi connectivity index (χ1n) is 7.24. The summed E-state index contributed by atoms with van der Waals surface area (Å²) in [5, 5.41) is 8.95. The van der Waals surface area contributed by atoms with Crippen molar-refractivity contribution in [1.82, 2.24) is 0 Å². The molecule has 0 fully saturated rings. The molecule has 1 aromatic carbocycles. The Bertz CT molecular complexity index is 811. The van der Waals surface area contributed by atoms with E-state index in [1.807, 2.05) is 0 Å². The molecule has 0 atom stereocenters. The maximum absolute atomic E-state index is 12.9. The summed E-state index contributed by atoms with van der Waals surface area (Å²) in [6.45, 7) is 1.58. The molecule has 0 aliphatic carbocycles. The number of carboxylic acids is 1. The van der Waals surface area contributed by atoms with Gasteiger partial charge >= 0.3 is 18.3 Å². The van der Waals surface area contributed by atoms with Crippen LogP contribution in [0.5, 0.6) is 0 Å². The fraction of sp³-hybridized carbons (Fsp3) is 0.235. The van der Waals surface area contributed by atoms with E-state index in [0.29, 0.717) is 12.1 Å². The van der Waals surface area contributed by atoms with E-state index in [4.69, 9.17) is 9.52 Å². The molecule has 0 unspecified atom stereocenters. The van der Waals surface area contributed by atoms with Crippen LogP contribution in [0.2, 0.25) is 0 Å². The van der Waals surface area contributed by atoms with Crippen molar-refractivity contribution in [3.8, 4) is 11.1 Å². The van der Waals surface area contributed by atoms with Crippen molar-refractivity contribution in [2.45, 2.75) is 25.7 Å². The molecule has 0 aliphatic heterocycles. The molecular formula is C17H12F6O3. The second kappa shape index (κ2) is 6.89. The minimum Gasteiger partial charge on any atom is -0.478 e. The van der Waals surface area contributed by atoms with E-state index in [1.54, 1.807) is 6.92 Å². The topological polar surface area (TPSA) is 50.4 Å². The van der Waals surface area contributed by atoms with E-state index in [0.717, 1.165) is 12.3 Å². The van der Waals surface area contributed by atoms with Gasteiger partial charge in [0, 0.05) is 11.1 Å². The van der Waals surface area contributed by atoms with Crippen molar-refractivity contribution in [2.75, 3.05) is 0 Å². The molecule has 1 aromatic heterocycles. The fourth-order valence-corrected chi connectivity index (χ4v) is 2.19. The summed E-state index contributed by atoms with van der Waals surface area (Å²) in [7, 11) is 0. The third-order valence-electron chi connectivity index (χ3n) is 3.51. The Morgan fingerprint density at radius 1 is 1.00 bits per heavy atom. The first-order valence-corrected chi connectivity index (χ1v) is 7.24. The van der Waals surface area contributed by atoms with Crippen molar-refractivity contribution in [3.63, 3.8) is 0 Å². The quantitative estimate of drug-likeness (QED) is 0.535. The molecule has 0 aliphatic rings. The van der Waals surface area contributed by atoms with Crippen molar-refractivity contribution < 1.29 is 40.7 Å². The van der Waals surface area contributed by atoms with Crippen molar-refractivity contribution in [3.05, 3.63) is 53.0 Å². The van der Waals surface area contributed by atoms with Gasteiger partial charge in [0.05, 0.1) is 17.4 Å². The Labute approximate surface area is 143 Å². The maximum Gasteiger partial charge on any atom is 0.416 e. The fourth-order valence-electron chi connectivity index (χ4n) is 2.19. The summed E-state index contributed by atoms with van der Waals surface area (Å²) in [6.07, 6.45) is -7.63. The maximum atomic E-state index is 12.9. The molecule has 0 amide bonds. The van der Waals surface area contributed by atoms with Gasteiger partial charge in [0.2, 0.25) is 0 Å². The molecule has 0 saturated carbocycles. The van der Waals surface area contributed by atoms with Crippen LogP contribution in [0.1, 0.15) is 30.2 Å². The lowest BCUT2D eigenvalue weighted by molar-refractivity contribution is -0.143. The number of halogens is 6. The molecule has 0 spiro atoms. The number of benzene rings is 1. The largest absolute Gasteiger partial charge is 0.478 e. The minimum atomic E-state index is -4.96. The molecule has 3 nitrogen and oxygen atoms in total. The van der Waals surface area contributed by atoms with Gasteiger partial charge in [0.25, 0.3) is 0 Å². The SMILES string of the molecule is CCC(=Cc1cc(-c2cc(C(F)(F)F)cc(C(F)(F)F)c2)co1)C(=O)O. The van der Waals surface area contributed by atoms with Gasteiger partial charge < -0.3 is 9.52 Å².